The fraction of sp³-hybridized carbons (Fsp3) is 0.308. The lowest BCUT2D eigenvalue weighted by molar-refractivity contribution is -0.141. The van der Waals surface area contributed by atoms with Crippen molar-refractivity contribution < 1.29 is 13.2 Å². The minimum absolute atomic E-state index is 0.0969. The molecule has 0 spiro atoms. The number of hydrogen-bond acceptors (Lipinski definition) is 4. The molecule has 104 valence electrons. The van der Waals surface area contributed by atoms with Gasteiger partial charge in [0.1, 0.15) is 0 Å². The molecule has 7 heteroatoms. The first-order valence-electron chi connectivity index (χ1n) is 6.05. The van der Waals surface area contributed by atoms with Crippen LogP contribution in [0.2, 0.25) is 0 Å². The van der Waals surface area contributed by atoms with Crippen LogP contribution < -0.4 is 5.32 Å². The predicted octanol–water partition coefficient (Wildman–Crippen LogP) is 2.47. The summed E-state index contributed by atoms with van der Waals surface area (Å²) in [6.45, 7) is 2.25. The van der Waals surface area contributed by atoms with Gasteiger partial charge in [-0.25, -0.2) is 9.97 Å². The fourth-order valence-electron chi connectivity index (χ4n) is 2.25. The predicted molar refractivity (Wildman–Crippen MR) is 65.5 cm³/mol. The van der Waals surface area contributed by atoms with Gasteiger partial charge in [-0.05, 0) is 18.6 Å². The molecule has 1 aliphatic rings. The summed E-state index contributed by atoms with van der Waals surface area (Å²) in [4.78, 5) is 11.9. The number of alkyl halides is 3. The maximum atomic E-state index is 13.1. The molecule has 0 amide bonds. The van der Waals surface area contributed by atoms with Crippen molar-refractivity contribution in [1.29, 1.82) is 0 Å². The molecule has 2 aromatic heterocycles. The Morgan fingerprint density at radius 1 is 1.20 bits per heavy atom. The van der Waals surface area contributed by atoms with Crippen LogP contribution >= 0.6 is 0 Å². The van der Waals surface area contributed by atoms with Gasteiger partial charge in [0, 0.05) is 36.6 Å². The molecule has 3 rings (SSSR count). The van der Waals surface area contributed by atoms with E-state index in [1.165, 1.54) is 6.20 Å². The average Bonchev–Trinajstić information content (AvgIpc) is 2.85. The van der Waals surface area contributed by atoms with E-state index in [-0.39, 0.29) is 17.9 Å². The van der Waals surface area contributed by atoms with Crippen LogP contribution in [0.4, 0.5) is 13.2 Å². The smallest absolute Gasteiger partial charge is 0.307 e. The third-order valence-corrected chi connectivity index (χ3v) is 3.22. The highest BCUT2D eigenvalue weighted by Crippen LogP contribution is 2.34. The van der Waals surface area contributed by atoms with Crippen LogP contribution in [0, 0.1) is 6.92 Å². The van der Waals surface area contributed by atoms with Crippen LogP contribution in [-0.4, -0.2) is 15.0 Å². The summed E-state index contributed by atoms with van der Waals surface area (Å²) >= 11 is 0. The summed E-state index contributed by atoms with van der Waals surface area (Å²) in [6, 6.07) is 1.62. The minimum atomic E-state index is -4.48. The second-order valence-corrected chi connectivity index (χ2v) is 4.61. The fourth-order valence-corrected chi connectivity index (χ4v) is 2.25. The van der Waals surface area contributed by atoms with Crippen molar-refractivity contribution in [2.75, 3.05) is 0 Å². The molecule has 0 bridgehead atoms. The number of nitrogens with zero attached hydrogens (tertiary/aromatic N) is 3. The number of halogens is 3. The third kappa shape index (κ3) is 2.14. The molecule has 0 fully saturated rings. The number of nitrogens with one attached hydrogen (secondary N) is 1. The molecule has 2 aromatic rings. The summed E-state index contributed by atoms with van der Waals surface area (Å²) in [5.74, 6) is 0.0969. The van der Waals surface area contributed by atoms with E-state index in [1.54, 1.807) is 19.2 Å². The van der Waals surface area contributed by atoms with Crippen LogP contribution in [0.3, 0.4) is 0 Å². The molecule has 0 saturated heterocycles. The van der Waals surface area contributed by atoms with Gasteiger partial charge in [0.2, 0.25) is 0 Å². The first-order chi connectivity index (χ1) is 9.47. The van der Waals surface area contributed by atoms with E-state index in [0.29, 0.717) is 17.8 Å². The zero-order chi connectivity index (χ0) is 14.3. The number of aryl methyl sites for hydroxylation is 1. The molecule has 3 heterocycles. The van der Waals surface area contributed by atoms with Gasteiger partial charge in [-0.1, -0.05) is 0 Å². The standard InChI is InChI=1S/C13H11F3N4/c1-7-4-17-3-2-8(7)12-19-10-6-18-5-9(10)11(20-12)13(14,15)16/h2-4,18H,5-6H2,1H3. The molecule has 0 atom stereocenters. The lowest BCUT2D eigenvalue weighted by Gasteiger charge is -2.13. The first-order valence-corrected chi connectivity index (χ1v) is 6.05. The van der Waals surface area contributed by atoms with Crippen molar-refractivity contribution in [3.05, 3.63) is 41.0 Å². The van der Waals surface area contributed by atoms with E-state index in [4.69, 9.17) is 0 Å². The number of fused-ring (bicyclic) bond motifs is 1. The van der Waals surface area contributed by atoms with Gasteiger partial charge in [0.25, 0.3) is 0 Å². The van der Waals surface area contributed by atoms with Gasteiger partial charge >= 0.3 is 6.18 Å². The number of pyridine rings is 1. The third-order valence-electron chi connectivity index (χ3n) is 3.22. The largest absolute Gasteiger partial charge is 0.433 e. The zero-order valence-electron chi connectivity index (χ0n) is 10.6. The normalized spacial score (nSPS) is 14.4. The number of aromatic nitrogens is 3. The summed E-state index contributed by atoms with van der Waals surface area (Å²) in [5.41, 5.74) is 1.02. The molecule has 0 radical (unpaired) electrons. The van der Waals surface area contributed by atoms with Gasteiger partial charge < -0.3 is 5.32 Å². The van der Waals surface area contributed by atoms with E-state index in [0.717, 1.165) is 5.56 Å². The van der Waals surface area contributed by atoms with Gasteiger partial charge in [0.15, 0.2) is 11.5 Å². The molecule has 0 aliphatic carbocycles. The van der Waals surface area contributed by atoms with E-state index in [2.05, 4.69) is 20.3 Å². The Morgan fingerprint density at radius 3 is 2.70 bits per heavy atom. The summed E-state index contributed by atoms with van der Waals surface area (Å²) in [6.07, 6.45) is -1.38. The van der Waals surface area contributed by atoms with Gasteiger partial charge in [0.05, 0.1) is 5.69 Å². The van der Waals surface area contributed by atoms with Crippen LogP contribution in [0.15, 0.2) is 18.5 Å². The highest BCUT2D eigenvalue weighted by atomic mass is 19.4. The Labute approximate surface area is 113 Å². The second-order valence-electron chi connectivity index (χ2n) is 4.61. The lowest BCUT2D eigenvalue weighted by Crippen LogP contribution is -2.14. The van der Waals surface area contributed by atoms with E-state index < -0.39 is 11.9 Å². The average molecular weight is 280 g/mol. The quantitative estimate of drug-likeness (QED) is 0.872. The van der Waals surface area contributed by atoms with Crippen molar-refractivity contribution in [2.45, 2.75) is 26.2 Å². The van der Waals surface area contributed by atoms with Crippen LogP contribution in [0.25, 0.3) is 11.4 Å². The summed E-state index contributed by atoms with van der Waals surface area (Å²) in [7, 11) is 0. The van der Waals surface area contributed by atoms with Crippen LogP contribution in [0.1, 0.15) is 22.5 Å². The molecular formula is C13H11F3N4. The topological polar surface area (TPSA) is 50.7 Å². The Balaban J connectivity index is 2.22. The minimum Gasteiger partial charge on any atom is -0.307 e. The maximum absolute atomic E-state index is 13.1. The van der Waals surface area contributed by atoms with Crippen molar-refractivity contribution in [1.82, 2.24) is 20.3 Å². The van der Waals surface area contributed by atoms with Crippen LogP contribution in [-0.2, 0) is 19.3 Å². The van der Waals surface area contributed by atoms with Gasteiger partial charge in [-0.3, -0.25) is 4.98 Å². The van der Waals surface area contributed by atoms with Crippen molar-refractivity contribution in [3.8, 4) is 11.4 Å². The monoisotopic (exact) mass is 280 g/mol. The van der Waals surface area contributed by atoms with Crippen LogP contribution in [0.5, 0.6) is 0 Å². The van der Waals surface area contributed by atoms with Crippen molar-refractivity contribution in [2.24, 2.45) is 0 Å². The highest BCUT2D eigenvalue weighted by molar-refractivity contribution is 5.59. The second kappa shape index (κ2) is 4.52. The van der Waals surface area contributed by atoms with Crippen molar-refractivity contribution in [3.63, 3.8) is 0 Å². The molecule has 1 N–H and O–H groups in total. The first kappa shape index (κ1) is 13.0. The van der Waals surface area contributed by atoms with Gasteiger partial charge in [-0.15, -0.1) is 0 Å². The van der Waals surface area contributed by atoms with Crippen molar-refractivity contribution >= 4 is 0 Å². The van der Waals surface area contributed by atoms with E-state index in [9.17, 15) is 13.2 Å². The lowest BCUT2D eigenvalue weighted by atomic mass is 10.1. The number of rotatable bonds is 1. The Bertz CT molecular complexity index is 667. The molecular weight excluding hydrogens is 269 g/mol. The highest BCUT2D eigenvalue weighted by Gasteiger charge is 2.38. The zero-order valence-corrected chi connectivity index (χ0v) is 10.6. The van der Waals surface area contributed by atoms with E-state index >= 15 is 0 Å². The Morgan fingerprint density at radius 2 is 2.00 bits per heavy atom. The molecule has 4 nitrogen and oxygen atoms in total. The van der Waals surface area contributed by atoms with Gasteiger partial charge in [-0.2, -0.15) is 13.2 Å². The number of hydrogen-bond donors (Lipinski definition) is 1. The molecule has 0 aromatic carbocycles. The SMILES string of the molecule is Cc1cnccc1-c1nc2c(c(C(F)(F)F)n1)CNC2. The molecule has 0 unspecified atom stereocenters. The maximum Gasteiger partial charge on any atom is 0.433 e. The Kier molecular flexibility index (Phi) is 2.93. The summed E-state index contributed by atoms with van der Waals surface area (Å²) < 4.78 is 39.3. The summed E-state index contributed by atoms with van der Waals surface area (Å²) in [5, 5.41) is 2.88. The van der Waals surface area contributed by atoms with E-state index in [1.807, 2.05) is 0 Å². The molecule has 0 saturated carbocycles. The molecule has 20 heavy (non-hydrogen) atoms. The Hall–Kier alpha value is -2.02. The molecule has 1 aliphatic heterocycles.